The van der Waals surface area contributed by atoms with Gasteiger partial charge in [0.25, 0.3) is 5.91 Å². The summed E-state index contributed by atoms with van der Waals surface area (Å²) >= 11 is 0. The first-order chi connectivity index (χ1) is 11.5. The van der Waals surface area contributed by atoms with E-state index >= 15 is 0 Å². The van der Waals surface area contributed by atoms with Gasteiger partial charge in [0.1, 0.15) is 17.4 Å². The number of halogens is 1. The van der Waals surface area contributed by atoms with Crippen molar-refractivity contribution in [1.29, 1.82) is 0 Å². The van der Waals surface area contributed by atoms with Gasteiger partial charge >= 0.3 is 0 Å². The second-order valence-corrected chi connectivity index (χ2v) is 6.16. The molecular formula is C19H19FN2O2. The number of carbonyl (C=O) groups is 1. The van der Waals surface area contributed by atoms with Crippen LogP contribution in [0.3, 0.4) is 0 Å². The lowest BCUT2D eigenvalue weighted by atomic mass is 10.0. The largest absolute Gasteiger partial charge is 0.438 e. The van der Waals surface area contributed by atoms with E-state index in [0.29, 0.717) is 23.8 Å². The third-order valence-corrected chi connectivity index (χ3v) is 3.74. The number of nitrogens with zero attached hydrogens (tertiary/aromatic N) is 1. The molecule has 1 amide bonds. The van der Waals surface area contributed by atoms with Crippen molar-refractivity contribution in [1.82, 2.24) is 10.3 Å². The van der Waals surface area contributed by atoms with Crippen LogP contribution in [-0.2, 0) is 0 Å². The molecule has 0 radical (unpaired) electrons. The number of nitrogens with one attached hydrogen (secondary N) is 1. The average molecular weight is 326 g/mol. The van der Waals surface area contributed by atoms with Crippen LogP contribution in [-0.4, -0.2) is 10.9 Å². The smallest absolute Gasteiger partial charge is 0.254 e. The SMILES string of the molecule is CC(C)C[C@H](NC(=O)c1ccccc1F)c1nc2ccccc2o1. The van der Waals surface area contributed by atoms with Gasteiger partial charge in [0.2, 0.25) is 5.89 Å². The molecule has 0 saturated carbocycles. The predicted octanol–water partition coefficient (Wildman–Crippen LogP) is 4.48. The Morgan fingerprint density at radius 1 is 1.17 bits per heavy atom. The molecule has 0 saturated heterocycles. The molecule has 0 spiro atoms. The number of oxazole rings is 1. The molecule has 3 aromatic rings. The van der Waals surface area contributed by atoms with Gasteiger partial charge in [0.05, 0.1) is 5.56 Å². The predicted molar refractivity (Wildman–Crippen MR) is 90.1 cm³/mol. The molecule has 4 nitrogen and oxygen atoms in total. The third-order valence-electron chi connectivity index (χ3n) is 3.74. The molecule has 1 aromatic heterocycles. The number of carbonyl (C=O) groups excluding carboxylic acids is 1. The molecule has 0 unspecified atom stereocenters. The number of aromatic nitrogens is 1. The Hall–Kier alpha value is -2.69. The summed E-state index contributed by atoms with van der Waals surface area (Å²) in [5, 5.41) is 2.85. The summed E-state index contributed by atoms with van der Waals surface area (Å²) in [5.74, 6) is -0.266. The fourth-order valence-corrected chi connectivity index (χ4v) is 2.61. The Morgan fingerprint density at radius 3 is 2.58 bits per heavy atom. The number of fused-ring (bicyclic) bond motifs is 1. The summed E-state index contributed by atoms with van der Waals surface area (Å²) in [6.07, 6.45) is 0.646. The van der Waals surface area contributed by atoms with E-state index in [2.05, 4.69) is 10.3 Å². The van der Waals surface area contributed by atoms with Gasteiger partial charge in [0, 0.05) is 0 Å². The Bertz CT molecular complexity index is 824. The van der Waals surface area contributed by atoms with Crippen LogP contribution in [0.25, 0.3) is 11.1 Å². The lowest BCUT2D eigenvalue weighted by Crippen LogP contribution is -2.30. The van der Waals surface area contributed by atoms with E-state index in [0.717, 1.165) is 5.52 Å². The second-order valence-electron chi connectivity index (χ2n) is 6.16. The Balaban J connectivity index is 1.89. The average Bonchev–Trinajstić information content (AvgIpc) is 2.98. The van der Waals surface area contributed by atoms with Gasteiger partial charge in [-0.15, -0.1) is 0 Å². The Morgan fingerprint density at radius 2 is 1.88 bits per heavy atom. The minimum atomic E-state index is -0.545. The van der Waals surface area contributed by atoms with Crippen LogP contribution in [0, 0.1) is 11.7 Å². The molecule has 1 atom stereocenters. The van der Waals surface area contributed by atoms with E-state index in [9.17, 15) is 9.18 Å². The van der Waals surface area contributed by atoms with Gasteiger partial charge in [-0.2, -0.15) is 0 Å². The number of hydrogen-bond acceptors (Lipinski definition) is 3. The monoisotopic (exact) mass is 326 g/mol. The maximum atomic E-state index is 13.8. The normalized spacial score (nSPS) is 12.5. The van der Waals surface area contributed by atoms with Crippen LogP contribution in [0.15, 0.2) is 52.9 Å². The first kappa shape index (κ1) is 16.2. The topological polar surface area (TPSA) is 55.1 Å². The number of amides is 1. The fraction of sp³-hybridized carbons (Fsp3) is 0.263. The zero-order chi connectivity index (χ0) is 17.1. The number of rotatable bonds is 5. The maximum absolute atomic E-state index is 13.8. The van der Waals surface area contributed by atoms with E-state index in [4.69, 9.17) is 4.42 Å². The Kier molecular flexibility index (Phi) is 4.60. The van der Waals surface area contributed by atoms with Gasteiger partial charge in [-0.1, -0.05) is 38.1 Å². The van der Waals surface area contributed by atoms with Crippen LogP contribution in [0.5, 0.6) is 0 Å². The molecule has 0 aliphatic heterocycles. The van der Waals surface area contributed by atoms with Crippen LogP contribution >= 0.6 is 0 Å². The van der Waals surface area contributed by atoms with Crippen molar-refractivity contribution in [2.75, 3.05) is 0 Å². The van der Waals surface area contributed by atoms with E-state index in [1.807, 2.05) is 38.1 Å². The van der Waals surface area contributed by atoms with Gasteiger partial charge in [0.15, 0.2) is 5.58 Å². The molecule has 0 bridgehead atoms. The second kappa shape index (κ2) is 6.83. The lowest BCUT2D eigenvalue weighted by Gasteiger charge is -2.17. The van der Waals surface area contributed by atoms with Crippen molar-refractivity contribution < 1.29 is 13.6 Å². The molecule has 2 aromatic carbocycles. The van der Waals surface area contributed by atoms with Gasteiger partial charge in [-0.25, -0.2) is 9.37 Å². The van der Waals surface area contributed by atoms with Crippen molar-refractivity contribution >= 4 is 17.0 Å². The molecule has 1 heterocycles. The highest BCUT2D eigenvalue weighted by Gasteiger charge is 2.23. The van der Waals surface area contributed by atoms with Gasteiger partial charge in [-0.05, 0) is 36.6 Å². The summed E-state index contributed by atoms with van der Waals surface area (Å²) in [6.45, 7) is 4.09. The minimum absolute atomic E-state index is 0.0161. The van der Waals surface area contributed by atoms with Crippen LogP contribution in [0.1, 0.15) is 42.6 Å². The van der Waals surface area contributed by atoms with Crippen molar-refractivity contribution in [3.05, 3.63) is 65.8 Å². The summed E-state index contributed by atoms with van der Waals surface area (Å²) < 4.78 is 19.6. The molecule has 24 heavy (non-hydrogen) atoms. The standard InChI is InChI=1S/C19H19FN2O2/c1-12(2)11-16(19-22-15-9-5-6-10-17(15)24-19)21-18(23)13-7-3-4-8-14(13)20/h3-10,12,16H,11H2,1-2H3,(H,21,23)/t16-/m0/s1. The maximum Gasteiger partial charge on any atom is 0.254 e. The van der Waals surface area contributed by atoms with E-state index in [-0.39, 0.29) is 5.56 Å². The third kappa shape index (κ3) is 3.45. The number of hydrogen-bond donors (Lipinski definition) is 1. The lowest BCUT2D eigenvalue weighted by molar-refractivity contribution is 0.0921. The van der Waals surface area contributed by atoms with E-state index in [1.165, 1.54) is 12.1 Å². The van der Waals surface area contributed by atoms with Crippen LogP contribution < -0.4 is 5.32 Å². The zero-order valence-corrected chi connectivity index (χ0v) is 13.6. The molecule has 3 rings (SSSR count). The van der Waals surface area contributed by atoms with E-state index < -0.39 is 17.8 Å². The van der Waals surface area contributed by atoms with Crippen molar-refractivity contribution in [2.24, 2.45) is 5.92 Å². The Labute approximate surface area is 139 Å². The van der Waals surface area contributed by atoms with Crippen molar-refractivity contribution in [3.8, 4) is 0 Å². The highest BCUT2D eigenvalue weighted by Crippen LogP contribution is 2.25. The van der Waals surface area contributed by atoms with Crippen molar-refractivity contribution in [2.45, 2.75) is 26.3 Å². The number of benzene rings is 2. The van der Waals surface area contributed by atoms with Crippen LogP contribution in [0.4, 0.5) is 4.39 Å². The van der Waals surface area contributed by atoms with E-state index in [1.54, 1.807) is 12.1 Å². The molecule has 5 heteroatoms. The summed E-state index contributed by atoms with van der Waals surface area (Å²) in [6, 6.07) is 12.9. The minimum Gasteiger partial charge on any atom is -0.438 e. The molecular weight excluding hydrogens is 307 g/mol. The molecule has 1 N–H and O–H groups in total. The molecule has 0 aliphatic carbocycles. The molecule has 124 valence electrons. The van der Waals surface area contributed by atoms with Crippen LogP contribution in [0.2, 0.25) is 0 Å². The summed E-state index contributed by atoms with van der Waals surface area (Å²) in [4.78, 5) is 16.9. The first-order valence-corrected chi connectivity index (χ1v) is 7.95. The summed E-state index contributed by atoms with van der Waals surface area (Å²) in [5.41, 5.74) is 1.42. The molecule has 0 aliphatic rings. The van der Waals surface area contributed by atoms with Gasteiger partial charge in [-0.3, -0.25) is 4.79 Å². The first-order valence-electron chi connectivity index (χ1n) is 7.95. The highest BCUT2D eigenvalue weighted by atomic mass is 19.1. The molecule has 0 fully saturated rings. The zero-order valence-electron chi connectivity index (χ0n) is 13.6. The van der Waals surface area contributed by atoms with Gasteiger partial charge < -0.3 is 9.73 Å². The summed E-state index contributed by atoms with van der Waals surface area (Å²) in [7, 11) is 0. The fourth-order valence-electron chi connectivity index (χ4n) is 2.61. The highest BCUT2D eigenvalue weighted by molar-refractivity contribution is 5.94. The van der Waals surface area contributed by atoms with Crippen molar-refractivity contribution in [3.63, 3.8) is 0 Å². The number of para-hydroxylation sites is 2. The quantitative estimate of drug-likeness (QED) is 0.752.